The third-order valence-electron chi connectivity index (χ3n) is 3.19. The molecule has 0 saturated carbocycles. The fourth-order valence-corrected chi connectivity index (χ4v) is 2.07. The lowest BCUT2D eigenvalue weighted by atomic mass is 10.1. The first-order valence-corrected chi connectivity index (χ1v) is 6.21. The average Bonchev–Trinajstić information content (AvgIpc) is 2.66. The maximum Gasteiger partial charge on any atom is 0.227 e. The zero-order valence-electron chi connectivity index (χ0n) is 10.8. The largest absolute Gasteiger partial charge is 0.357 e. The summed E-state index contributed by atoms with van der Waals surface area (Å²) in [6, 6.07) is 7.94. The molecule has 1 aromatic carbocycles. The van der Waals surface area contributed by atoms with Crippen molar-refractivity contribution < 1.29 is 4.79 Å². The molecule has 0 aliphatic rings. The second kappa shape index (κ2) is 5.23. The highest BCUT2D eigenvalue weighted by atomic mass is 16.1. The van der Waals surface area contributed by atoms with E-state index in [1.807, 2.05) is 38.1 Å². The van der Waals surface area contributed by atoms with Crippen molar-refractivity contribution in [2.24, 2.45) is 11.7 Å². The number of H-pyrrole nitrogens is 1. The van der Waals surface area contributed by atoms with Gasteiger partial charge in [0.1, 0.15) is 0 Å². The highest BCUT2D eigenvalue weighted by molar-refractivity contribution is 6.03. The molecule has 1 heterocycles. The molecule has 0 bridgehead atoms. The summed E-state index contributed by atoms with van der Waals surface area (Å²) in [6.45, 7) is 4.39. The number of amides is 1. The van der Waals surface area contributed by atoms with Crippen LogP contribution in [-0.2, 0) is 4.79 Å². The summed E-state index contributed by atoms with van der Waals surface area (Å²) in [5, 5.41) is 4.04. The summed E-state index contributed by atoms with van der Waals surface area (Å²) in [5.74, 6) is -0.0450. The highest BCUT2D eigenvalue weighted by Crippen LogP contribution is 2.27. The molecule has 1 atom stereocenters. The van der Waals surface area contributed by atoms with E-state index in [0.717, 1.165) is 22.3 Å². The molecule has 0 aliphatic carbocycles. The molecule has 0 aliphatic heterocycles. The number of benzene rings is 1. The molecular weight excluding hydrogens is 226 g/mol. The molecule has 18 heavy (non-hydrogen) atoms. The number of nitrogens with two attached hydrogens (primary N) is 1. The molecule has 0 saturated heterocycles. The summed E-state index contributed by atoms with van der Waals surface area (Å²) >= 11 is 0. The van der Waals surface area contributed by atoms with Crippen LogP contribution in [0.4, 0.5) is 5.69 Å². The number of aryl methyl sites for hydroxylation is 1. The van der Waals surface area contributed by atoms with E-state index in [4.69, 9.17) is 5.73 Å². The first kappa shape index (κ1) is 12.6. The Labute approximate surface area is 107 Å². The van der Waals surface area contributed by atoms with Crippen molar-refractivity contribution in [1.29, 1.82) is 0 Å². The van der Waals surface area contributed by atoms with Crippen molar-refractivity contribution in [2.75, 3.05) is 11.9 Å². The Morgan fingerprint density at radius 1 is 1.44 bits per heavy atom. The van der Waals surface area contributed by atoms with Crippen LogP contribution >= 0.6 is 0 Å². The Bertz CT molecular complexity index is 559. The van der Waals surface area contributed by atoms with Gasteiger partial charge in [0.25, 0.3) is 0 Å². The Balaban J connectivity index is 2.26. The molecule has 0 radical (unpaired) electrons. The van der Waals surface area contributed by atoms with Gasteiger partial charge >= 0.3 is 0 Å². The van der Waals surface area contributed by atoms with E-state index in [1.165, 1.54) is 0 Å². The Kier molecular flexibility index (Phi) is 3.67. The normalized spacial score (nSPS) is 12.6. The van der Waals surface area contributed by atoms with Crippen molar-refractivity contribution in [3.05, 3.63) is 30.0 Å². The Hall–Kier alpha value is -1.81. The topological polar surface area (TPSA) is 70.9 Å². The van der Waals surface area contributed by atoms with Crippen molar-refractivity contribution in [1.82, 2.24) is 4.98 Å². The maximum atomic E-state index is 12.0. The van der Waals surface area contributed by atoms with Crippen molar-refractivity contribution in [3.63, 3.8) is 0 Å². The first-order chi connectivity index (χ1) is 8.63. The van der Waals surface area contributed by atoms with Crippen LogP contribution < -0.4 is 11.1 Å². The van der Waals surface area contributed by atoms with E-state index in [0.29, 0.717) is 13.0 Å². The van der Waals surface area contributed by atoms with Crippen LogP contribution in [-0.4, -0.2) is 17.4 Å². The summed E-state index contributed by atoms with van der Waals surface area (Å²) < 4.78 is 0. The van der Waals surface area contributed by atoms with Gasteiger partial charge in [-0.15, -0.1) is 0 Å². The molecule has 4 nitrogen and oxygen atoms in total. The SMILES string of the molecule is Cc1[nH]c2ccccc2c1NC(=O)C(C)CCN. The van der Waals surface area contributed by atoms with Gasteiger partial charge < -0.3 is 16.0 Å². The van der Waals surface area contributed by atoms with Crippen molar-refractivity contribution in [3.8, 4) is 0 Å². The molecule has 2 aromatic rings. The van der Waals surface area contributed by atoms with Crippen LogP contribution in [0.15, 0.2) is 24.3 Å². The molecule has 0 fully saturated rings. The number of hydrogen-bond donors (Lipinski definition) is 3. The Morgan fingerprint density at radius 3 is 2.89 bits per heavy atom. The van der Waals surface area contributed by atoms with E-state index in [9.17, 15) is 4.79 Å². The quantitative estimate of drug-likeness (QED) is 0.774. The number of hydrogen-bond acceptors (Lipinski definition) is 2. The minimum atomic E-state index is -0.0666. The van der Waals surface area contributed by atoms with Gasteiger partial charge in [-0.1, -0.05) is 25.1 Å². The number of nitrogens with one attached hydrogen (secondary N) is 2. The van der Waals surface area contributed by atoms with Gasteiger partial charge in [0.05, 0.1) is 5.69 Å². The maximum absolute atomic E-state index is 12.0. The molecule has 1 unspecified atom stereocenters. The zero-order valence-corrected chi connectivity index (χ0v) is 10.8. The smallest absolute Gasteiger partial charge is 0.227 e. The Morgan fingerprint density at radius 2 is 2.17 bits per heavy atom. The van der Waals surface area contributed by atoms with Crippen LogP contribution in [0.1, 0.15) is 19.0 Å². The number of carbonyl (C=O) groups is 1. The number of fused-ring (bicyclic) bond motifs is 1. The van der Waals surface area contributed by atoms with Gasteiger partial charge in [-0.3, -0.25) is 4.79 Å². The molecule has 1 amide bonds. The number of carbonyl (C=O) groups excluding carboxylic acids is 1. The molecule has 4 N–H and O–H groups in total. The van der Waals surface area contributed by atoms with E-state index in [-0.39, 0.29) is 11.8 Å². The average molecular weight is 245 g/mol. The lowest BCUT2D eigenvalue weighted by Gasteiger charge is -2.11. The lowest BCUT2D eigenvalue weighted by Crippen LogP contribution is -2.22. The zero-order chi connectivity index (χ0) is 13.1. The summed E-state index contributed by atoms with van der Waals surface area (Å²) in [7, 11) is 0. The minimum Gasteiger partial charge on any atom is -0.357 e. The molecule has 96 valence electrons. The number of anilines is 1. The van der Waals surface area contributed by atoms with Gasteiger partial charge in [0.15, 0.2) is 0 Å². The van der Waals surface area contributed by atoms with E-state index in [1.54, 1.807) is 0 Å². The van der Waals surface area contributed by atoms with E-state index < -0.39 is 0 Å². The van der Waals surface area contributed by atoms with Crippen LogP contribution in [0.5, 0.6) is 0 Å². The standard InChI is InChI=1S/C14H19N3O/c1-9(7-8-15)14(18)17-13-10(2)16-12-6-4-3-5-11(12)13/h3-6,9,16H,7-8,15H2,1-2H3,(H,17,18). The predicted octanol–water partition coefficient (Wildman–Crippen LogP) is 2.40. The number of aromatic nitrogens is 1. The summed E-state index contributed by atoms with van der Waals surface area (Å²) in [6.07, 6.45) is 0.702. The van der Waals surface area contributed by atoms with Gasteiger partial charge in [0.2, 0.25) is 5.91 Å². The van der Waals surface area contributed by atoms with Gasteiger partial charge in [-0.05, 0) is 26.0 Å². The van der Waals surface area contributed by atoms with Gasteiger partial charge in [-0.2, -0.15) is 0 Å². The third-order valence-corrected chi connectivity index (χ3v) is 3.19. The summed E-state index contributed by atoms with van der Waals surface area (Å²) in [4.78, 5) is 15.3. The van der Waals surface area contributed by atoms with Crippen molar-refractivity contribution >= 4 is 22.5 Å². The van der Waals surface area contributed by atoms with Crippen LogP contribution in [0, 0.1) is 12.8 Å². The highest BCUT2D eigenvalue weighted by Gasteiger charge is 2.15. The third kappa shape index (κ3) is 2.38. The second-order valence-electron chi connectivity index (χ2n) is 4.64. The number of rotatable bonds is 4. The first-order valence-electron chi connectivity index (χ1n) is 6.21. The second-order valence-corrected chi connectivity index (χ2v) is 4.64. The molecule has 4 heteroatoms. The number of para-hydroxylation sites is 1. The van der Waals surface area contributed by atoms with Crippen LogP contribution in [0.25, 0.3) is 10.9 Å². The molecular formula is C14H19N3O. The van der Waals surface area contributed by atoms with Gasteiger partial charge in [-0.25, -0.2) is 0 Å². The molecule has 0 spiro atoms. The van der Waals surface area contributed by atoms with Gasteiger partial charge in [0, 0.05) is 22.5 Å². The van der Waals surface area contributed by atoms with E-state index >= 15 is 0 Å². The number of aromatic amines is 1. The van der Waals surface area contributed by atoms with Crippen molar-refractivity contribution in [2.45, 2.75) is 20.3 Å². The summed E-state index contributed by atoms with van der Waals surface area (Å²) in [5.41, 5.74) is 8.36. The van der Waals surface area contributed by atoms with Crippen LogP contribution in [0.3, 0.4) is 0 Å². The minimum absolute atomic E-state index is 0.0216. The van der Waals surface area contributed by atoms with E-state index in [2.05, 4.69) is 10.3 Å². The molecule has 2 rings (SSSR count). The fraction of sp³-hybridized carbons (Fsp3) is 0.357. The lowest BCUT2D eigenvalue weighted by molar-refractivity contribution is -0.119. The van der Waals surface area contributed by atoms with Crippen LogP contribution in [0.2, 0.25) is 0 Å². The molecule has 1 aromatic heterocycles. The fourth-order valence-electron chi connectivity index (χ4n) is 2.07. The predicted molar refractivity (Wildman–Crippen MR) is 74.5 cm³/mol. The monoisotopic (exact) mass is 245 g/mol.